The summed E-state index contributed by atoms with van der Waals surface area (Å²) in [6.07, 6.45) is 1.76. The van der Waals surface area contributed by atoms with Crippen molar-refractivity contribution in [2.24, 2.45) is 5.92 Å². The molecule has 7 heteroatoms. The maximum absolute atomic E-state index is 12.4. The molecule has 0 bridgehead atoms. The maximum Gasteiger partial charge on any atom is 0.241 e. The van der Waals surface area contributed by atoms with Gasteiger partial charge in [-0.15, -0.1) is 0 Å². The maximum atomic E-state index is 12.4. The van der Waals surface area contributed by atoms with Crippen LogP contribution in [0.4, 0.5) is 0 Å². The first-order valence-corrected chi connectivity index (χ1v) is 9.19. The van der Waals surface area contributed by atoms with E-state index < -0.39 is 10.0 Å². The summed E-state index contributed by atoms with van der Waals surface area (Å²) in [7, 11) is -3.59. The first-order chi connectivity index (χ1) is 9.94. The van der Waals surface area contributed by atoms with Crippen LogP contribution in [0.2, 0.25) is 0 Å². The van der Waals surface area contributed by atoms with E-state index in [-0.39, 0.29) is 11.5 Å². The van der Waals surface area contributed by atoms with Gasteiger partial charge in [0.25, 0.3) is 0 Å². The number of nitrogens with one attached hydrogen (secondary N) is 1. The number of aliphatic hydroxyl groups excluding tert-OH is 1. The van der Waals surface area contributed by atoms with Gasteiger partial charge in [-0.05, 0) is 58.8 Å². The van der Waals surface area contributed by atoms with Crippen molar-refractivity contribution >= 4 is 26.0 Å². The summed E-state index contributed by atoms with van der Waals surface area (Å²) < 4.78 is 33.2. The second-order valence-corrected chi connectivity index (χ2v) is 7.83. The number of hydrogen-bond donors (Lipinski definition) is 2. The van der Waals surface area contributed by atoms with Crippen LogP contribution in [0.1, 0.15) is 24.0 Å². The van der Waals surface area contributed by atoms with Crippen LogP contribution in [-0.2, 0) is 21.4 Å². The smallest absolute Gasteiger partial charge is 0.241 e. The van der Waals surface area contributed by atoms with E-state index in [1.807, 2.05) is 0 Å². The van der Waals surface area contributed by atoms with Crippen LogP contribution in [0.3, 0.4) is 0 Å². The Morgan fingerprint density at radius 3 is 2.86 bits per heavy atom. The van der Waals surface area contributed by atoms with E-state index in [1.165, 1.54) is 6.07 Å². The highest BCUT2D eigenvalue weighted by Gasteiger charge is 2.21. The standard InChI is InChI=1S/C14H20BrNO4S/c1-10-6-12(8-17)7-13(14(10)15)21(18,19)16-4-2-11-3-5-20-9-11/h6-7,11,16-17H,2-5,8-9H2,1H3. The van der Waals surface area contributed by atoms with Crippen LogP contribution in [0.15, 0.2) is 21.5 Å². The predicted octanol–water partition coefficient (Wildman–Crippen LogP) is 1.95. The number of aryl methyl sites for hydroxylation is 1. The Morgan fingerprint density at radius 2 is 2.24 bits per heavy atom. The zero-order chi connectivity index (χ0) is 15.5. The molecule has 0 amide bonds. The van der Waals surface area contributed by atoms with Crippen LogP contribution in [-0.4, -0.2) is 33.3 Å². The third kappa shape index (κ3) is 4.26. The highest BCUT2D eigenvalue weighted by Crippen LogP contribution is 2.27. The number of benzene rings is 1. The highest BCUT2D eigenvalue weighted by molar-refractivity contribution is 9.10. The first kappa shape index (κ1) is 16.9. The van der Waals surface area contributed by atoms with Gasteiger partial charge in [-0.3, -0.25) is 0 Å². The van der Waals surface area contributed by atoms with Crippen LogP contribution in [0.25, 0.3) is 0 Å². The number of ether oxygens (including phenoxy) is 1. The van der Waals surface area contributed by atoms with Crippen LogP contribution >= 0.6 is 15.9 Å². The molecule has 1 heterocycles. The molecule has 0 saturated carbocycles. The number of aliphatic hydroxyl groups is 1. The average Bonchev–Trinajstić information content (AvgIpc) is 2.94. The van der Waals surface area contributed by atoms with Crippen LogP contribution in [0.5, 0.6) is 0 Å². The Balaban J connectivity index is 2.09. The molecule has 118 valence electrons. The molecule has 0 radical (unpaired) electrons. The third-order valence-corrected chi connectivity index (χ3v) is 6.42. The number of sulfonamides is 1. The van der Waals surface area contributed by atoms with Gasteiger partial charge in [0.2, 0.25) is 10.0 Å². The minimum Gasteiger partial charge on any atom is -0.392 e. The molecular weight excluding hydrogens is 358 g/mol. The molecule has 2 N–H and O–H groups in total. The van der Waals surface area contributed by atoms with Crippen molar-refractivity contribution in [2.45, 2.75) is 31.3 Å². The minimum absolute atomic E-state index is 0.175. The lowest BCUT2D eigenvalue weighted by atomic mass is 10.1. The first-order valence-electron chi connectivity index (χ1n) is 6.91. The monoisotopic (exact) mass is 377 g/mol. The lowest BCUT2D eigenvalue weighted by molar-refractivity contribution is 0.184. The van der Waals surface area contributed by atoms with Crippen molar-refractivity contribution in [1.82, 2.24) is 4.72 Å². The van der Waals surface area contributed by atoms with Gasteiger partial charge in [0, 0.05) is 24.2 Å². The van der Waals surface area contributed by atoms with Crippen molar-refractivity contribution in [2.75, 3.05) is 19.8 Å². The minimum atomic E-state index is -3.59. The summed E-state index contributed by atoms with van der Waals surface area (Å²) in [6.45, 7) is 3.49. The second-order valence-electron chi connectivity index (χ2n) is 5.30. The van der Waals surface area contributed by atoms with Crippen molar-refractivity contribution in [1.29, 1.82) is 0 Å². The van der Waals surface area contributed by atoms with Crippen molar-refractivity contribution in [3.8, 4) is 0 Å². The van der Waals surface area contributed by atoms with Gasteiger partial charge in [0.15, 0.2) is 0 Å². The molecule has 5 nitrogen and oxygen atoms in total. The number of rotatable bonds is 6. The summed E-state index contributed by atoms with van der Waals surface area (Å²) in [5.41, 5.74) is 1.37. The molecule has 1 unspecified atom stereocenters. The molecule has 0 aliphatic carbocycles. The lowest BCUT2D eigenvalue weighted by Gasteiger charge is -2.13. The third-order valence-electron chi connectivity index (χ3n) is 3.62. The summed E-state index contributed by atoms with van der Waals surface area (Å²) in [5, 5.41) is 9.22. The second kappa shape index (κ2) is 7.19. The molecule has 1 aromatic rings. The van der Waals surface area contributed by atoms with Gasteiger partial charge in [-0.2, -0.15) is 0 Å². The predicted molar refractivity (Wildman–Crippen MR) is 83.5 cm³/mol. The SMILES string of the molecule is Cc1cc(CO)cc(S(=O)(=O)NCCC2CCOC2)c1Br. The topological polar surface area (TPSA) is 75.6 Å². The molecule has 1 fully saturated rings. The van der Waals surface area contributed by atoms with E-state index in [0.717, 1.165) is 25.0 Å². The zero-order valence-electron chi connectivity index (χ0n) is 11.9. The Morgan fingerprint density at radius 1 is 1.48 bits per heavy atom. The molecule has 1 aliphatic rings. The fraction of sp³-hybridized carbons (Fsp3) is 0.571. The van der Waals surface area contributed by atoms with Crippen LogP contribution in [0, 0.1) is 12.8 Å². The Labute approximate surface area is 133 Å². The molecule has 2 rings (SSSR count). The van der Waals surface area contributed by atoms with Gasteiger partial charge < -0.3 is 9.84 Å². The Bertz CT molecular complexity index is 597. The molecule has 0 spiro atoms. The zero-order valence-corrected chi connectivity index (χ0v) is 14.3. The van der Waals surface area contributed by atoms with E-state index in [2.05, 4.69) is 20.7 Å². The average molecular weight is 378 g/mol. The van der Waals surface area contributed by atoms with Gasteiger partial charge in [0.05, 0.1) is 11.5 Å². The van der Waals surface area contributed by atoms with Crippen molar-refractivity contribution in [3.63, 3.8) is 0 Å². The molecule has 0 aromatic heterocycles. The van der Waals surface area contributed by atoms with Crippen molar-refractivity contribution in [3.05, 3.63) is 27.7 Å². The van der Waals surface area contributed by atoms with Gasteiger partial charge in [-0.1, -0.05) is 6.07 Å². The summed E-state index contributed by atoms with van der Waals surface area (Å²) in [6, 6.07) is 3.26. The molecule has 1 atom stereocenters. The van der Waals surface area contributed by atoms with Crippen LogP contribution < -0.4 is 4.72 Å². The summed E-state index contributed by atoms with van der Waals surface area (Å²) in [5.74, 6) is 0.432. The molecule has 1 saturated heterocycles. The Kier molecular flexibility index (Phi) is 5.79. The fourth-order valence-electron chi connectivity index (χ4n) is 2.38. The normalized spacial score (nSPS) is 19.1. The van der Waals surface area contributed by atoms with E-state index in [1.54, 1.807) is 13.0 Å². The fourth-order valence-corrected chi connectivity index (χ4v) is 4.50. The van der Waals surface area contributed by atoms with Gasteiger partial charge in [0.1, 0.15) is 0 Å². The Hall–Kier alpha value is -0.470. The van der Waals surface area contributed by atoms with E-state index in [9.17, 15) is 13.5 Å². The largest absolute Gasteiger partial charge is 0.392 e. The molecular formula is C14H20BrNO4S. The van der Waals surface area contributed by atoms with E-state index in [0.29, 0.717) is 29.1 Å². The van der Waals surface area contributed by atoms with Gasteiger partial charge in [-0.25, -0.2) is 13.1 Å². The molecule has 1 aliphatic heterocycles. The van der Waals surface area contributed by atoms with Gasteiger partial charge >= 0.3 is 0 Å². The number of halogens is 1. The summed E-state index contributed by atoms with van der Waals surface area (Å²) in [4.78, 5) is 0.175. The highest BCUT2D eigenvalue weighted by atomic mass is 79.9. The summed E-state index contributed by atoms with van der Waals surface area (Å²) >= 11 is 3.32. The molecule has 21 heavy (non-hydrogen) atoms. The number of hydrogen-bond acceptors (Lipinski definition) is 4. The molecule has 1 aromatic carbocycles. The van der Waals surface area contributed by atoms with Crippen molar-refractivity contribution < 1.29 is 18.3 Å². The van der Waals surface area contributed by atoms with E-state index >= 15 is 0 Å². The lowest BCUT2D eigenvalue weighted by Crippen LogP contribution is -2.27. The quantitative estimate of drug-likeness (QED) is 0.794. The van der Waals surface area contributed by atoms with E-state index in [4.69, 9.17) is 4.74 Å².